The Morgan fingerprint density at radius 2 is 2.41 bits per heavy atom. The number of hydrogen-bond donors (Lipinski definition) is 2. The molecule has 0 aromatic carbocycles. The molecule has 0 radical (unpaired) electrons. The molecule has 1 aliphatic rings. The number of aliphatic hydroxyl groups excluding tert-OH is 1. The van der Waals surface area contributed by atoms with Crippen LogP contribution in [0.4, 0.5) is 11.8 Å². The highest BCUT2D eigenvalue weighted by molar-refractivity contribution is 5.43. The monoisotopic (exact) mass is 236 g/mol. The molecule has 17 heavy (non-hydrogen) atoms. The van der Waals surface area contributed by atoms with Gasteiger partial charge in [0.25, 0.3) is 0 Å². The molecule has 1 saturated heterocycles. The van der Waals surface area contributed by atoms with E-state index >= 15 is 0 Å². The molecule has 5 nitrogen and oxygen atoms in total. The van der Waals surface area contributed by atoms with Crippen LogP contribution in [0.1, 0.15) is 20.3 Å². The maximum absolute atomic E-state index is 9.71. The van der Waals surface area contributed by atoms with Crippen molar-refractivity contribution in [3.8, 4) is 0 Å². The van der Waals surface area contributed by atoms with Crippen LogP contribution in [0.5, 0.6) is 0 Å². The van der Waals surface area contributed by atoms with Crippen molar-refractivity contribution in [3.63, 3.8) is 0 Å². The molecule has 1 aromatic rings. The minimum atomic E-state index is -0.179. The molecule has 5 heteroatoms. The minimum Gasteiger partial charge on any atom is -0.393 e. The Morgan fingerprint density at radius 1 is 1.59 bits per heavy atom. The summed E-state index contributed by atoms with van der Waals surface area (Å²) in [6.45, 7) is 6.62. The number of aliphatic hydroxyl groups is 1. The fraction of sp³-hybridized carbons (Fsp3) is 0.667. The second-order valence-corrected chi connectivity index (χ2v) is 4.55. The first-order valence-corrected chi connectivity index (χ1v) is 6.20. The first-order valence-electron chi connectivity index (χ1n) is 6.20. The molecular weight excluding hydrogens is 216 g/mol. The number of hydrogen-bond acceptors (Lipinski definition) is 5. The van der Waals surface area contributed by atoms with Crippen molar-refractivity contribution < 1.29 is 5.11 Å². The maximum Gasteiger partial charge on any atom is 0.224 e. The molecule has 1 aliphatic heterocycles. The molecule has 1 aromatic heterocycles. The van der Waals surface area contributed by atoms with Crippen molar-refractivity contribution in [2.75, 3.05) is 29.9 Å². The van der Waals surface area contributed by atoms with E-state index in [4.69, 9.17) is 0 Å². The molecule has 0 saturated carbocycles. The first-order chi connectivity index (χ1) is 8.20. The van der Waals surface area contributed by atoms with E-state index in [2.05, 4.69) is 27.1 Å². The van der Waals surface area contributed by atoms with Crippen LogP contribution < -0.4 is 10.2 Å². The number of piperidine rings is 1. The number of anilines is 2. The summed E-state index contributed by atoms with van der Waals surface area (Å²) in [7, 11) is 0. The van der Waals surface area contributed by atoms with Crippen LogP contribution in [-0.2, 0) is 0 Å². The van der Waals surface area contributed by atoms with Crippen LogP contribution in [0.25, 0.3) is 0 Å². The Bertz CT molecular complexity index is 371. The van der Waals surface area contributed by atoms with Gasteiger partial charge < -0.3 is 15.3 Å². The molecule has 0 amide bonds. The van der Waals surface area contributed by atoms with E-state index in [-0.39, 0.29) is 6.10 Å². The van der Waals surface area contributed by atoms with Gasteiger partial charge in [0.2, 0.25) is 5.95 Å². The fourth-order valence-electron chi connectivity index (χ4n) is 2.11. The Labute approximate surface area is 102 Å². The molecule has 2 N–H and O–H groups in total. The number of nitrogens with zero attached hydrogens (tertiary/aromatic N) is 3. The van der Waals surface area contributed by atoms with Crippen LogP contribution in [0.2, 0.25) is 0 Å². The first kappa shape index (κ1) is 12.1. The normalized spacial score (nSPS) is 24.8. The summed E-state index contributed by atoms with van der Waals surface area (Å²) >= 11 is 0. The van der Waals surface area contributed by atoms with Crippen molar-refractivity contribution in [1.29, 1.82) is 0 Å². The van der Waals surface area contributed by atoms with Crippen molar-refractivity contribution in [2.45, 2.75) is 26.4 Å². The molecule has 0 aliphatic carbocycles. The van der Waals surface area contributed by atoms with Gasteiger partial charge in [0.05, 0.1) is 6.10 Å². The predicted octanol–water partition coefficient (Wildman–Crippen LogP) is 1.12. The zero-order valence-corrected chi connectivity index (χ0v) is 10.4. The highest BCUT2D eigenvalue weighted by atomic mass is 16.3. The summed E-state index contributed by atoms with van der Waals surface area (Å²) in [6, 6.07) is 1.92. The van der Waals surface area contributed by atoms with Gasteiger partial charge >= 0.3 is 0 Å². The third kappa shape index (κ3) is 2.85. The van der Waals surface area contributed by atoms with Gasteiger partial charge in [0.15, 0.2) is 0 Å². The van der Waals surface area contributed by atoms with E-state index in [0.29, 0.717) is 11.9 Å². The minimum absolute atomic E-state index is 0.179. The van der Waals surface area contributed by atoms with Crippen molar-refractivity contribution in [3.05, 3.63) is 12.3 Å². The Kier molecular flexibility index (Phi) is 3.78. The van der Waals surface area contributed by atoms with Gasteiger partial charge in [-0.2, -0.15) is 4.98 Å². The standard InChI is InChI=1S/C12H20N4O/c1-3-13-12-14-6-4-11(15-12)16-7-5-10(17)9(2)8-16/h4,6,9-10,17H,3,5,7-8H2,1-2H3,(H,13,14,15). The molecule has 2 rings (SSSR count). The van der Waals surface area contributed by atoms with Crippen molar-refractivity contribution >= 4 is 11.8 Å². The summed E-state index contributed by atoms with van der Waals surface area (Å²) in [5.74, 6) is 1.90. The summed E-state index contributed by atoms with van der Waals surface area (Å²) in [6.07, 6.45) is 2.40. The smallest absolute Gasteiger partial charge is 0.224 e. The van der Waals surface area contributed by atoms with E-state index in [1.807, 2.05) is 13.0 Å². The molecule has 2 atom stereocenters. The van der Waals surface area contributed by atoms with Crippen LogP contribution in [0.3, 0.4) is 0 Å². The number of rotatable bonds is 3. The molecule has 2 unspecified atom stereocenters. The molecule has 94 valence electrons. The average Bonchev–Trinajstić information content (AvgIpc) is 2.33. The summed E-state index contributed by atoms with van der Waals surface area (Å²) in [5.41, 5.74) is 0. The van der Waals surface area contributed by atoms with Crippen LogP contribution in [0, 0.1) is 5.92 Å². The average molecular weight is 236 g/mol. The Hall–Kier alpha value is -1.36. The Balaban J connectivity index is 2.09. The van der Waals surface area contributed by atoms with Crippen LogP contribution in [-0.4, -0.2) is 40.8 Å². The third-order valence-corrected chi connectivity index (χ3v) is 3.16. The van der Waals surface area contributed by atoms with E-state index in [0.717, 1.165) is 31.9 Å². The fourth-order valence-corrected chi connectivity index (χ4v) is 2.11. The van der Waals surface area contributed by atoms with Crippen molar-refractivity contribution in [1.82, 2.24) is 9.97 Å². The maximum atomic E-state index is 9.71. The topological polar surface area (TPSA) is 61.3 Å². The zero-order valence-electron chi connectivity index (χ0n) is 10.4. The zero-order chi connectivity index (χ0) is 12.3. The molecule has 2 heterocycles. The summed E-state index contributed by atoms with van der Waals surface area (Å²) in [5, 5.41) is 12.8. The quantitative estimate of drug-likeness (QED) is 0.823. The second-order valence-electron chi connectivity index (χ2n) is 4.55. The third-order valence-electron chi connectivity index (χ3n) is 3.16. The number of nitrogens with one attached hydrogen (secondary N) is 1. The van der Waals surface area contributed by atoms with E-state index < -0.39 is 0 Å². The van der Waals surface area contributed by atoms with E-state index in [1.165, 1.54) is 0 Å². The SMILES string of the molecule is CCNc1nccc(N2CCC(O)C(C)C2)n1. The lowest BCUT2D eigenvalue weighted by atomic mass is 9.97. The molecule has 0 bridgehead atoms. The summed E-state index contributed by atoms with van der Waals surface area (Å²) < 4.78 is 0. The van der Waals surface area contributed by atoms with Crippen LogP contribution in [0.15, 0.2) is 12.3 Å². The van der Waals surface area contributed by atoms with Crippen molar-refractivity contribution in [2.24, 2.45) is 5.92 Å². The molecular formula is C12H20N4O. The largest absolute Gasteiger partial charge is 0.393 e. The van der Waals surface area contributed by atoms with Gasteiger partial charge in [-0.3, -0.25) is 0 Å². The van der Waals surface area contributed by atoms with Gasteiger partial charge in [0.1, 0.15) is 5.82 Å². The van der Waals surface area contributed by atoms with Gasteiger partial charge in [-0.25, -0.2) is 4.98 Å². The lowest BCUT2D eigenvalue weighted by molar-refractivity contribution is 0.0969. The number of aromatic nitrogens is 2. The van der Waals surface area contributed by atoms with E-state index in [1.54, 1.807) is 6.20 Å². The molecule has 1 fully saturated rings. The highest BCUT2D eigenvalue weighted by Gasteiger charge is 2.24. The van der Waals surface area contributed by atoms with E-state index in [9.17, 15) is 5.11 Å². The lowest BCUT2D eigenvalue weighted by Gasteiger charge is -2.35. The van der Waals surface area contributed by atoms with Gasteiger partial charge in [-0.1, -0.05) is 6.92 Å². The highest BCUT2D eigenvalue weighted by Crippen LogP contribution is 2.21. The van der Waals surface area contributed by atoms with Crippen LogP contribution >= 0.6 is 0 Å². The lowest BCUT2D eigenvalue weighted by Crippen LogP contribution is -2.42. The Morgan fingerprint density at radius 3 is 3.12 bits per heavy atom. The van der Waals surface area contributed by atoms with Gasteiger partial charge in [-0.15, -0.1) is 0 Å². The second kappa shape index (κ2) is 5.31. The van der Waals surface area contributed by atoms with Gasteiger partial charge in [0, 0.05) is 25.8 Å². The predicted molar refractivity (Wildman–Crippen MR) is 68.2 cm³/mol. The molecule has 0 spiro atoms. The van der Waals surface area contributed by atoms with Gasteiger partial charge in [-0.05, 0) is 25.3 Å². The summed E-state index contributed by atoms with van der Waals surface area (Å²) in [4.78, 5) is 10.8.